The zero-order valence-corrected chi connectivity index (χ0v) is 17.8. The summed E-state index contributed by atoms with van der Waals surface area (Å²) in [4.78, 5) is 4.32. The van der Waals surface area contributed by atoms with Crippen LogP contribution in [-0.2, 0) is 6.42 Å². The van der Waals surface area contributed by atoms with E-state index in [0.717, 1.165) is 52.4 Å². The fourth-order valence-corrected chi connectivity index (χ4v) is 3.96. The van der Waals surface area contributed by atoms with Crippen molar-refractivity contribution < 1.29 is 9.47 Å². The van der Waals surface area contributed by atoms with Gasteiger partial charge in [0.25, 0.3) is 0 Å². The first-order chi connectivity index (χ1) is 15.0. The topological polar surface area (TPSA) is 91.0 Å². The van der Waals surface area contributed by atoms with Crippen LogP contribution in [0.25, 0.3) is 0 Å². The normalized spacial score (nSPS) is 14.5. The quantitative estimate of drug-likeness (QED) is 0.530. The van der Waals surface area contributed by atoms with Gasteiger partial charge in [0.2, 0.25) is 5.88 Å². The monoisotopic (exact) mass is 412 g/mol. The Hall–Kier alpha value is -3.85. The highest BCUT2D eigenvalue weighted by atomic mass is 16.5. The maximum atomic E-state index is 9.14. The van der Waals surface area contributed by atoms with Gasteiger partial charge in [0, 0.05) is 35.3 Å². The molecule has 156 valence electrons. The highest BCUT2D eigenvalue weighted by molar-refractivity contribution is 5.88. The molecule has 1 aliphatic carbocycles. The first-order valence-electron chi connectivity index (χ1n) is 10.1. The third-order valence-corrected chi connectivity index (χ3v) is 5.48. The van der Waals surface area contributed by atoms with Crippen molar-refractivity contribution in [2.24, 2.45) is 0 Å². The van der Waals surface area contributed by atoms with E-state index in [2.05, 4.69) is 16.4 Å². The van der Waals surface area contributed by atoms with Crippen LogP contribution in [0.2, 0.25) is 0 Å². The molecule has 0 saturated heterocycles. The molecule has 0 fully saturated rings. The Labute approximate surface area is 182 Å². The minimum absolute atomic E-state index is 0.0524. The summed E-state index contributed by atoms with van der Waals surface area (Å²) in [7, 11) is 1.59. The van der Waals surface area contributed by atoms with Crippen molar-refractivity contribution in [3.63, 3.8) is 0 Å². The van der Waals surface area contributed by atoms with Crippen LogP contribution in [0, 0.1) is 30.6 Å². The number of anilines is 2. The molecule has 0 spiro atoms. The molecule has 1 heterocycles. The van der Waals surface area contributed by atoms with Crippen LogP contribution < -0.4 is 14.8 Å². The highest BCUT2D eigenvalue weighted by Gasteiger charge is 2.25. The molecule has 0 bridgehead atoms. The van der Waals surface area contributed by atoms with Crippen LogP contribution in [0.15, 0.2) is 42.5 Å². The molecule has 1 atom stereocenters. The van der Waals surface area contributed by atoms with Crippen LogP contribution >= 0.6 is 0 Å². The molecule has 2 aromatic carbocycles. The predicted octanol–water partition coefficient (Wildman–Crippen LogP) is 5.39. The van der Waals surface area contributed by atoms with Gasteiger partial charge in [-0.25, -0.2) is 4.98 Å². The first kappa shape index (κ1) is 20.4. The van der Waals surface area contributed by atoms with Crippen LogP contribution in [0.1, 0.15) is 46.0 Å². The summed E-state index contributed by atoms with van der Waals surface area (Å²) in [5, 5.41) is 20.3. The lowest BCUT2D eigenvalue weighted by molar-refractivity contribution is 0.206. The number of hydrogen-bond acceptors (Lipinski definition) is 6. The van der Waals surface area contributed by atoms with E-state index >= 15 is 0 Å². The molecule has 3 aromatic rings. The lowest BCUT2D eigenvalue weighted by atomic mass is 10.1. The number of hydrogen-bond donors (Lipinski definition) is 2. The van der Waals surface area contributed by atoms with Crippen LogP contribution in [0.4, 0.5) is 11.4 Å². The average molecular weight is 412 g/mol. The Morgan fingerprint density at radius 1 is 1.19 bits per heavy atom. The molecule has 6 heteroatoms. The van der Waals surface area contributed by atoms with Crippen LogP contribution in [0.3, 0.4) is 0 Å². The van der Waals surface area contributed by atoms with E-state index in [1.54, 1.807) is 7.11 Å². The molecule has 0 saturated carbocycles. The van der Waals surface area contributed by atoms with Gasteiger partial charge < -0.3 is 20.2 Å². The van der Waals surface area contributed by atoms with Gasteiger partial charge in [-0.05, 0) is 67.6 Å². The van der Waals surface area contributed by atoms with Gasteiger partial charge in [0.05, 0.1) is 24.4 Å². The number of benzene rings is 2. The summed E-state index contributed by atoms with van der Waals surface area (Å²) >= 11 is 0. The van der Waals surface area contributed by atoms with Gasteiger partial charge in [-0.2, -0.15) is 5.26 Å². The standard InChI is InChI=1S/C25H24N4O2/c1-15-8-19(14-27)22(29-20-9-16(2)28-25(11-20)30-3)12-24(15)31-23-7-5-18-10-17(13-26)4-6-21(18)23/h4,6,8-12,14,23,27H,5,7H2,1-3H3,(H,28,29). The summed E-state index contributed by atoms with van der Waals surface area (Å²) in [5.41, 5.74) is 7.17. The number of aromatic nitrogens is 1. The molecule has 1 aliphatic rings. The number of nitriles is 1. The third-order valence-electron chi connectivity index (χ3n) is 5.48. The predicted molar refractivity (Wildman–Crippen MR) is 121 cm³/mol. The number of fused-ring (bicyclic) bond motifs is 1. The second-order valence-corrected chi connectivity index (χ2v) is 7.68. The first-order valence-corrected chi connectivity index (χ1v) is 10.1. The second kappa shape index (κ2) is 8.49. The summed E-state index contributed by atoms with van der Waals surface area (Å²) in [6, 6.07) is 15.6. The Morgan fingerprint density at radius 3 is 2.77 bits per heavy atom. The number of methoxy groups -OCH3 is 1. The molecule has 1 unspecified atom stereocenters. The Balaban J connectivity index is 1.64. The maximum Gasteiger partial charge on any atom is 0.215 e. The summed E-state index contributed by atoms with van der Waals surface area (Å²) in [6.45, 7) is 3.89. The lowest BCUT2D eigenvalue weighted by Gasteiger charge is -2.19. The van der Waals surface area contributed by atoms with Gasteiger partial charge in [-0.1, -0.05) is 6.07 Å². The van der Waals surface area contributed by atoms with Crippen molar-refractivity contribution in [3.8, 4) is 17.7 Å². The number of nitrogens with one attached hydrogen (secondary N) is 2. The second-order valence-electron chi connectivity index (χ2n) is 7.68. The summed E-state index contributed by atoms with van der Waals surface area (Å²) < 4.78 is 11.7. The van der Waals surface area contributed by atoms with E-state index in [0.29, 0.717) is 11.4 Å². The van der Waals surface area contributed by atoms with E-state index in [9.17, 15) is 0 Å². The SMILES string of the molecule is COc1cc(Nc2cc(OC3CCc4cc(C#N)ccc43)c(C)cc2C=N)cc(C)n1. The van der Waals surface area contributed by atoms with Gasteiger partial charge in [-0.15, -0.1) is 0 Å². The number of aryl methyl sites for hydroxylation is 3. The van der Waals surface area contributed by atoms with Gasteiger partial charge in [0.1, 0.15) is 11.9 Å². The zero-order valence-electron chi connectivity index (χ0n) is 17.8. The van der Waals surface area contributed by atoms with Gasteiger partial charge in [0.15, 0.2) is 0 Å². The molecular formula is C25H24N4O2. The van der Waals surface area contributed by atoms with Gasteiger partial charge in [-0.3, -0.25) is 0 Å². The average Bonchev–Trinajstić information content (AvgIpc) is 3.17. The highest BCUT2D eigenvalue weighted by Crippen LogP contribution is 2.38. The summed E-state index contributed by atoms with van der Waals surface area (Å²) in [5.74, 6) is 1.30. The molecule has 4 rings (SSSR count). The summed E-state index contributed by atoms with van der Waals surface area (Å²) in [6.07, 6.45) is 3.05. The molecule has 0 aliphatic heterocycles. The molecule has 31 heavy (non-hydrogen) atoms. The fourth-order valence-electron chi connectivity index (χ4n) is 3.96. The van der Waals surface area contributed by atoms with Gasteiger partial charge >= 0.3 is 0 Å². The Morgan fingerprint density at radius 2 is 2.03 bits per heavy atom. The molecule has 2 N–H and O–H groups in total. The Bertz CT molecular complexity index is 1200. The largest absolute Gasteiger partial charge is 0.485 e. The van der Waals surface area contributed by atoms with E-state index in [4.69, 9.17) is 20.1 Å². The van der Waals surface area contributed by atoms with Crippen molar-refractivity contribution in [1.82, 2.24) is 4.98 Å². The van der Waals surface area contributed by atoms with Crippen molar-refractivity contribution in [2.45, 2.75) is 32.8 Å². The minimum Gasteiger partial charge on any atom is -0.485 e. The number of pyridine rings is 1. The number of nitrogens with zero attached hydrogens (tertiary/aromatic N) is 2. The smallest absolute Gasteiger partial charge is 0.215 e. The van der Waals surface area contributed by atoms with Crippen molar-refractivity contribution in [2.75, 3.05) is 12.4 Å². The van der Waals surface area contributed by atoms with E-state index in [1.165, 1.54) is 11.8 Å². The third kappa shape index (κ3) is 4.22. The molecule has 6 nitrogen and oxygen atoms in total. The molecule has 1 aromatic heterocycles. The van der Waals surface area contributed by atoms with Crippen molar-refractivity contribution in [1.29, 1.82) is 10.7 Å². The number of rotatable bonds is 6. The fraction of sp³-hybridized carbons (Fsp3) is 0.240. The zero-order chi connectivity index (χ0) is 22.0. The molecule has 0 radical (unpaired) electrons. The van der Waals surface area contributed by atoms with E-state index in [1.807, 2.05) is 56.3 Å². The van der Waals surface area contributed by atoms with E-state index in [-0.39, 0.29) is 6.10 Å². The van der Waals surface area contributed by atoms with Crippen molar-refractivity contribution >= 4 is 17.6 Å². The molecule has 0 amide bonds. The van der Waals surface area contributed by atoms with Crippen molar-refractivity contribution in [3.05, 3.63) is 76.0 Å². The maximum absolute atomic E-state index is 9.14. The van der Waals surface area contributed by atoms with Crippen LogP contribution in [-0.4, -0.2) is 18.3 Å². The molecular weight excluding hydrogens is 388 g/mol. The minimum atomic E-state index is -0.0524. The lowest BCUT2D eigenvalue weighted by Crippen LogP contribution is -2.06. The number of ether oxygens (including phenoxy) is 2. The van der Waals surface area contributed by atoms with Crippen LogP contribution in [0.5, 0.6) is 11.6 Å². The Kier molecular flexibility index (Phi) is 5.59. The van der Waals surface area contributed by atoms with E-state index < -0.39 is 0 Å².